The first-order valence-corrected chi connectivity index (χ1v) is 8.57. The molecule has 21 heavy (non-hydrogen) atoms. The summed E-state index contributed by atoms with van der Waals surface area (Å²) in [7, 11) is 0. The number of nitrogens with zero attached hydrogens (tertiary/aromatic N) is 1. The van der Waals surface area contributed by atoms with Crippen LogP contribution in [-0.4, -0.2) is 43.2 Å². The summed E-state index contributed by atoms with van der Waals surface area (Å²) in [6.45, 7) is 4.35. The van der Waals surface area contributed by atoms with Crippen molar-refractivity contribution in [3.8, 4) is 0 Å². The van der Waals surface area contributed by atoms with Gasteiger partial charge in [0.25, 0.3) is 0 Å². The van der Waals surface area contributed by atoms with Gasteiger partial charge in [0.05, 0.1) is 12.7 Å². The molecule has 2 atom stereocenters. The van der Waals surface area contributed by atoms with E-state index >= 15 is 0 Å². The molecule has 0 radical (unpaired) electrons. The van der Waals surface area contributed by atoms with Crippen molar-refractivity contribution in [2.45, 2.75) is 50.3 Å². The average molecular weight is 286 g/mol. The quantitative estimate of drug-likeness (QED) is 0.900. The Morgan fingerprint density at radius 1 is 1.14 bits per heavy atom. The third kappa shape index (κ3) is 3.15. The fraction of sp³-hybridized carbons (Fsp3) is 0.667. The second kappa shape index (κ2) is 6.07. The molecule has 1 aromatic carbocycles. The second-order valence-corrected chi connectivity index (χ2v) is 6.79. The van der Waals surface area contributed by atoms with Gasteiger partial charge in [0.1, 0.15) is 0 Å². The minimum atomic E-state index is 0.275. The normalized spacial score (nSPS) is 28.8. The van der Waals surface area contributed by atoms with Crippen LogP contribution >= 0.6 is 0 Å². The maximum absolute atomic E-state index is 6.12. The molecule has 2 fully saturated rings. The predicted octanol–water partition coefficient (Wildman–Crippen LogP) is 2.52. The van der Waals surface area contributed by atoms with E-state index in [1.54, 1.807) is 0 Å². The molecule has 2 unspecified atom stereocenters. The summed E-state index contributed by atoms with van der Waals surface area (Å²) < 4.78 is 6.12. The van der Waals surface area contributed by atoms with Crippen LogP contribution in [0.5, 0.6) is 0 Å². The van der Waals surface area contributed by atoms with Gasteiger partial charge < -0.3 is 10.1 Å². The van der Waals surface area contributed by atoms with E-state index in [0.717, 1.165) is 25.6 Å². The molecule has 4 rings (SSSR count). The van der Waals surface area contributed by atoms with E-state index in [1.165, 1.54) is 49.9 Å². The van der Waals surface area contributed by atoms with E-state index in [9.17, 15) is 0 Å². The van der Waals surface area contributed by atoms with Crippen LogP contribution in [0.2, 0.25) is 0 Å². The highest BCUT2D eigenvalue weighted by molar-refractivity contribution is 5.31. The first-order valence-electron chi connectivity index (χ1n) is 8.57. The van der Waals surface area contributed by atoms with Gasteiger partial charge in [-0.05, 0) is 49.8 Å². The van der Waals surface area contributed by atoms with Crippen molar-refractivity contribution in [1.82, 2.24) is 10.2 Å². The van der Waals surface area contributed by atoms with Crippen molar-refractivity contribution in [3.05, 3.63) is 35.4 Å². The van der Waals surface area contributed by atoms with Gasteiger partial charge in [0, 0.05) is 25.2 Å². The number of ether oxygens (including phenoxy) is 1. The van der Waals surface area contributed by atoms with E-state index in [-0.39, 0.29) is 6.10 Å². The van der Waals surface area contributed by atoms with Gasteiger partial charge in [0.15, 0.2) is 0 Å². The molecule has 2 heterocycles. The Morgan fingerprint density at radius 2 is 2.05 bits per heavy atom. The lowest BCUT2D eigenvalue weighted by molar-refractivity contribution is 0.0124. The first kappa shape index (κ1) is 13.7. The van der Waals surface area contributed by atoms with Crippen LogP contribution in [0.1, 0.15) is 42.9 Å². The molecule has 0 amide bonds. The molecule has 0 spiro atoms. The van der Waals surface area contributed by atoms with Crippen molar-refractivity contribution in [2.75, 3.05) is 26.2 Å². The van der Waals surface area contributed by atoms with Crippen LogP contribution in [0.3, 0.4) is 0 Å². The molecule has 1 saturated carbocycles. The lowest BCUT2D eigenvalue weighted by Crippen LogP contribution is -2.41. The summed E-state index contributed by atoms with van der Waals surface area (Å²) >= 11 is 0. The molecule has 1 saturated heterocycles. The fourth-order valence-corrected chi connectivity index (χ4v) is 3.85. The second-order valence-electron chi connectivity index (χ2n) is 6.79. The number of hydrogen-bond acceptors (Lipinski definition) is 3. The maximum Gasteiger partial charge on any atom is 0.0954 e. The summed E-state index contributed by atoms with van der Waals surface area (Å²) in [4.78, 5) is 2.69. The Bertz CT molecular complexity index is 480. The summed E-state index contributed by atoms with van der Waals surface area (Å²) in [6, 6.07) is 10.3. The Kier molecular flexibility index (Phi) is 3.97. The monoisotopic (exact) mass is 286 g/mol. The van der Waals surface area contributed by atoms with Crippen LogP contribution in [-0.2, 0) is 11.2 Å². The molecular formula is C18H26N2O. The summed E-state index contributed by atoms with van der Waals surface area (Å²) in [5.74, 6) is 0. The lowest BCUT2D eigenvalue weighted by Gasteiger charge is -2.33. The van der Waals surface area contributed by atoms with E-state index in [2.05, 4.69) is 34.5 Å². The Labute approximate surface area is 127 Å². The first-order chi connectivity index (χ1) is 10.4. The van der Waals surface area contributed by atoms with Crippen molar-refractivity contribution < 1.29 is 4.74 Å². The molecule has 1 N–H and O–H groups in total. The topological polar surface area (TPSA) is 24.5 Å². The molecule has 114 valence electrons. The highest BCUT2D eigenvalue weighted by atomic mass is 16.5. The smallest absolute Gasteiger partial charge is 0.0954 e. The van der Waals surface area contributed by atoms with Gasteiger partial charge in [-0.1, -0.05) is 24.3 Å². The highest BCUT2D eigenvalue weighted by Gasteiger charge is 2.34. The van der Waals surface area contributed by atoms with Crippen LogP contribution in [0.25, 0.3) is 0 Å². The highest BCUT2D eigenvalue weighted by Crippen LogP contribution is 2.33. The van der Waals surface area contributed by atoms with Crippen molar-refractivity contribution in [2.24, 2.45) is 0 Å². The molecule has 3 heteroatoms. The Morgan fingerprint density at radius 3 is 2.86 bits per heavy atom. The van der Waals surface area contributed by atoms with Gasteiger partial charge in [-0.15, -0.1) is 0 Å². The number of nitrogens with one attached hydrogen (secondary N) is 1. The van der Waals surface area contributed by atoms with E-state index < -0.39 is 0 Å². The molecule has 3 nitrogen and oxygen atoms in total. The minimum absolute atomic E-state index is 0.275. The SMILES string of the molecule is c1ccc2c(c1)CCOC2CN(CC1CCCN1)C1CC1. The van der Waals surface area contributed by atoms with Gasteiger partial charge >= 0.3 is 0 Å². The van der Waals surface area contributed by atoms with Crippen LogP contribution in [0, 0.1) is 0 Å². The third-order valence-electron chi connectivity index (χ3n) is 5.17. The average Bonchev–Trinajstić information content (AvgIpc) is 3.25. The van der Waals surface area contributed by atoms with Crippen molar-refractivity contribution in [1.29, 1.82) is 0 Å². The van der Waals surface area contributed by atoms with Crippen LogP contribution in [0.4, 0.5) is 0 Å². The molecule has 3 aliphatic rings. The van der Waals surface area contributed by atoms with Gasteiger partial charge in [-0.25, -0.2) is 0 Å². The molecular weight excluding hydrogens is 260 g/mol. The summed E-state index contributed by atoms with van der Waals surface area (Å²) in [6.07, 6.45) is 6.77. The lowest BCUT2D eigenvalue weighted by atomic mass is 9.97. The largest absolute Gasteiger partial charge is 0.372 e. The summed E-state index contributed by atoms with van der Waals surface area (Å²) in [5, 5.41) is 3.64. The van der Waals surface area contributed by atoms with Crippen molar-refractivity contribution >= 4 is 0 Å². The molecule has 1 aromatic rings. The minimum Gasteiger partial charge on any atom is -0.372 e. The van der Waals surface area contributed by atoms with Gasteiger partial charge in [-0.2, -0.15) is 0 Å². The third-order valence-corrected chi connectivity index (χ3v) is 5.17. The number of hydrogen-bond donors (Lipinski definition) is 1. The predicted molar refractivity (Wildman–Crippen MR) is 84.5 cm³/mol. The van der Waals surface area contributed by atoms with E-state index in [1.807, 2.05) is 0 Å². The molecule has 2 aliphatic heterocycles. The number of fused-ring (bicyclic) bond motifs is 1. The van der Waals surface area contributed by atoms with Crippen molar-refractivity contribution in [3.63, 3.8) is 0 Å². The zero-order valence-corrected chi connectivity index (χ0v) is 12.8. The molecule has 0 bridgehead atoms. The van der Waals surface area contributed by atoms with Crippen LogP contribution in [0.15, 0.2) is 24.3 Å². The standard InChI is InChI=1S/C18H26N2O/c1-2-6-17-14(4-1)9-11-21-18(17)13-20(16-7-8-16)12-15-5-3-10-19-15/h1-2,4,6,15-16,18-19H,3,5,7-13H2. The number of benzene rings is 1. The van der Waals surface area contributed by atoms with Gasteiger partial charge in [-0.3, -0.25) is 4.90 Å². The Balaban J connectivity index is 1.45. The fourth-order valence-electron chi connectivity index (χ4n) is 3.85. The van der Waals surface area contributed by atoms with E-state index in [0.29, 0.717) is 6.04 Å². The maximum atomic E-state index is 6.12. The molecule has 1 aliphatic carbocycles. The zero-order valence-electron chi connectivity index (χ0n) is 12.8. The van der Waals surface area contributed by atoms with Crippen LogP contribution < -0.4 is 5.32 Å². The molecule has 0 aromatic heterocycles. The van der Waals surface area contributed by atoms with Gasteiger partial charge in [0.2, 0.25) is 0 Å². The Hall–Kier alpha value is -0.900. The number of rotatable bonds is 5. The summed E-state index contributed by atoms with van der Waals surface area (Å²) in [5.41, 5.74) is 2.91. The zero-order chi connectivity index (χ0) is 14.1. The van der Waals surface area contributed by atoms with E-state index in [4.69, 9.17) is 4.74 Å².